The van der Waals surface area contributed by atoms with Crippen molar-refractivity contribution in [3.8, 4) is 0 Å². The van der Waals surface area contributed by atoms with Gasteiger partial charge >= 0.3 is 0 Å². The van der Waals surface area contributed by atoms with Crippen LogP contribution in [0.1, 0.15) is 19.3 Å². The van der Waals surface area contributed by atoms with E-state index in [1.165, 1.54) is 5.75 Å². The fourth-order valence-corrected chi connectivity index (χ4v) is 1.71. The van der Waals surface area contributed by atoms with Crippen molar-refractivity contribution in [2.24, 2.45) is 0 Å². The van der Waals surface area contributed by atoms with E-state index in [1.54, 1.807) is 0 Å². The summed E-state index contributed by atoms with van der Waals surface area (Å²) >= 11 is 1.90. The number of hydrogen-bond acceptors (Lipinski definition) is 2. The highest BCUT2D eigenvalue weighted by Crippen LogP contribution is 2.12. The molecule has 0 bridgehead atoms. The van der Waals surface area contributed by atoms with Crippen molar-refractivity contribution in [1.29, 1.82) is 0 Å². The first-order valence-corrected chi connectivity index (χ1v) is 4.14. The van der Waals surface area contributed by atoms with Gasteiger partial charge in [0.2, 0.25) is 0 Å². The van der Waals surface area contributed by atoms with E-state index in [0.29, 0.717) is 5.78 Å². The molecule has 0 spiro atoms. The molecule has 0 amide bonds. The zero-order valence-corrected chi connectivity index (χ0v) is 5.67. The average molecular weight is 130 g/mol. The van der Waals surface area contributed by atoms with E-state index < -0.39 is 0 Å². The van der Waals surface area contributed by atoms with Crippen molar-refractivity contribution in [3.05, 3.63) is 0 Å². The van der Waals surface area contributed by atoms with Crippen molar-refractivity contribution in [1.82, 2.24) is 0 Å². The number of carbonyl (C=O) groups excluding carboxylic acids is 1. The second-order valence-corrected chi connectivity index (χ2v) is 3.23. The molecule has 1 saturated heterocycles. The molecular formula is C6H10OS. The van der Waals surface area contributed by atoms with Gasteiger partial charge in [-0.25, -0.2) is 0 Å². The molecule has 1 rings (SSSR count). The maximum absolute atomic E-state index is 10.7. The van der Waals surface area contributed by atoms with Crippen LogP contribution in [0.25, 0.3) is 0 Å². The molecule has 8 heavy (non-hydrogen) atoms. The zero-order chi connectivity index (χ0) is 5.82. The Morgan fingerprint density at radius 3 is 3.00 bits per heavy atom. The fourth-order valence-electron chi connectivity index (χ4n) is 0.784. The Balaban J connectivity index is 2.27. The van der Waals surface area contributed by atoms with Crippen LogP contribution < -0.4 is 0 Å². The molecule has 0 aromatic heterocycles. The van der Waals surface area contributed by atoms with Crippen LogP contribution in [0, 0.1) is 0 Å². The molecule has 46 valence electrons. The number of thioether (sulfide) groups is 1. The lowest BCUT2D eigenvalue weighted by molar-refractivity contribution is -0.118. The summed E-state index contributed by atoms with van der Waals surface area (Å²) in [5, 5.41) is 0. The van der Waals surface area contributed by atoms with Crippen LogP contribution in [0.5, 0.6) is 0 Å². The van der Waals surface area contributed by atoms with Gasteiger partial charge in [0.05, 0.1) is 0 Å². The van der Waals surface area contributed by atoms with E-state index in [1.807, 2.05) is 11.8 Å². The monoisotopic (exact) mass is 130 g/mol. The van der Waals surface area contributed by atoms with Crippen LogP contribution in [0.15, 0.2) is 0 Å². The molecule has 0 N–H and O–H groups in total. The highest BCUT2D eigenvalue weighted by molar-refractivity contribution is 7.99. The van der Waals surface area contributed by atoms with Crippen LogP contribution in [-0.2, 0) is 4.79 Å². The van der Waals surface area contributed by atoms with Crippen LogP contribution in [0.4, 0.5) is 0 Å². The molecule has 0 saturated carbocycles. The summed E-state index contributed by atoms with van der Waals surface area (Å²) < 4.78 is 0. The molecule has 0 aromatic rings. The molecule has 0 radical (unpaired) electrons. The van der Waals surface area contributed by atoms with Crippen molar-refractivity contribution >= 4 is 17.5 Å². The SMILES string of the molecule is O=C1CCCSCC1. The van der Waals surface area contributed by atoms with Crippen molar-refractivity contribution < 1.29 is 4.79 Å². The number of carbonyl (C=O) groups is 1. The maximum Gasteiger partial charge on any atom is 0.133 e. The molecule has 1 heterocycles. The molecule has 1 aliphatic rings. The lowest BCUT2D eigenvalue weighted by Gasteiger charge is -1.86. The van der Waals surface area contributed by atoms with Crippen LogP contribution in [0.3, 0.4) is 0 Å². The standard InChI is InChI=1S/C6H10OS/c7-6-2-1-4-8-5-3-6/h1-5H2. The number of hydrogen-bond donors (Lipinski definition) is 0. The first kappa shape index (κ1) is 6.14. The van der Waals surface area contributed by atoms with Crippen LogP contribution in [0.2, 0.25) is 0 Å². The predicted octanol–water partition coefficient (Wildman–Crippen LogP) is 1.47. The van der Waals surface area contributed by atoms with E-state index in [0.717, 1.165) is 25.0 Å². The summed E-state index contributed by atoms with van der Waals surface area (Å²) in [6.45, 7) is 0. The molecule has 2 heteroatoms. The summed E-state index contributed by atoms with van der Waals surface area (Å²) in [4.78, 5) is 10.7. The van der Waals surface area contributed by atoms with Gasteiger partial charge in [0.1, 0.15) is 5.78 Å². The van der Waals surface area contributed by atoms with Crippen molar-refractivity contribution in [2.75, 3.05) is 11.5 Å². The number of rotatable bonds is 0. The minimum atomic E-state index is 0.454. The molecule has 0 unspecified atom stereocenters. The Morgan fingerprint density at radius 1 is 1.25 bits per heavy atom. The third-order valence-electron chi connectivity index (χ3n) is 1.27. The normalized spacial score (nSPS) is 22.8. The Kier molecular flexibility index (Phi) is 2.40. The molecule has 1 nitrogen and oxygen atoms in total. The van der Waals surface area contributed by atoms with Gasteiger partial charge in [0.25, 0.3) is 0 Å². The minimum absolute atomic E-state index is 0.454. The van der Waals surface area contributed by atoms with Crippen LogP contribution in [-0.4, -0.2) is 17.3 Å². The van der Waals surface area contributed by atoms with Gasteiger partial charge in [-0.2, -0.15) is 11.8 Å². The molecular weight excluding hydrogens is 120 g/mol. The Bertz CT molecular complexity index is 80.5. The van der Waals surface area contributed by atoms with Gasteiger partial charge in [-0.15, -0.1) is 0 Å². The van der Waals surface area contributed by atoms with Crippen LogP contribution >= 0.6 is 11.8 Å². The summed E-state index contributed by atoms with van der Waals surface area (Å²) in [5.74, 6) is 2.69. The largest absolute Gasteiger partial charge is 0.300 e. The van der Waals surface area contributed by atoms with E-state index in [4.69, 9.17) is 0 Å². The quantitative estimate of drug-likeness (QED) is 0.494. The minimum Gasteiger partial charge on any atom is -0.300 e. The van der Waals surface area contributed by atoms with Crippen molar-refractivity contribution in [2.45, 2.75) is 19.3 Å². The van der Waals surface area contributed by atoms with Crippen molar-refractivity contribution in [3.63, 3.8) is 0 Å². The molecule has 1 aliphatic heterocycles. The smallest absolute Gasteiger partial charge is 0.133 e. The summed E-state index contributed by atoms with van der Waals surface area (Å²) in [7, 11) is 0. The fraction of sp³-hybridized carbons (Fsp3) is 0.833. The first-order chi connectivity index (χ1) is 3.89. The van der Waals surface area contributed by atoms with E-state index in [2.05, 4.69) is 0 Å². The zero-order valence-electron chi connectivity index (χ0n) is 4.85. The third kappa shape index (κ3) is 1.86. The average Bonchev–Trinajstić information content (AvgIpc) is 1.94. The van der Waals surface area contributed by atoms with E-state index in [9.17, 15) is 4.79 Å². The predicted molar refractivity (Wildman–Crippen MR) is 36.2 cm³/mol. The first-order valence-electron chi connectivity index (χ1n) is 2.99. The summed E-state index contributed by atoms with van der Waals surface area (Å²) in [5.41, 5.74) is 0. The number of ketones is 1. The second kappa shape index (κ2) is 3.13. The van der Waals surface area contributed by atoms with Gasteiger partial charge in [0, 0.05) is 18.6 Å². The third-order valence-corrected chi connectivity index (χ3v) is 2.34. The highest BCUT2D eigenvalue weighted by atomic mass is 32.2. The van der Waals surface area contributed by atoms with Gasteiger partial charge in [-0.05, 0) is 12.2 Å². The summed E-state index contributed by atoms with van der Waals surface area (Å²) in [6, 6.07) is 0. The van der Waals surface area contributed by atoms with E-state index in [-0.39, 0.29) is 0 Å². The van der Waals surface area contributed by atoms with Gasteiger partial charge in [-0.3, -0.25) is 4.79 Å². The molecule has 0 aliphatic carbocycles. The lowest BCUT2D eigenvalue weighted by Crippen LogP contribution is -1.94. The Hall–Kier alpha value is 0.0200. The second-order valence-electron chi connectivity index (χ2n) is 2.00. The lowest BCUT2D eigenvalue weighted by atomic mass is 10.2. The Morgan fingerprint density at radius 2 is 2.12 bits per heavy atom. The van der Waals surface area contributed by atoms with E-state index >= 15 is 0 Å². The topological polar surface area (TPSA) is 17.1 Å². The molecule has 0 atom stereocenters. The van der Waals surface area contributed by atoms with Gasteiger partial charge < -0.3 is 0 Å². The van der Waals surface area contributed by atoms with Gasteiger partial charge in [0.15, 0.2) is 0 Å². The van der Waals surface area contributed by atoms with Gasteiger partial charge in [-0.1, -0.05) is 0 Å². The molecule has 1 fully saturated rings. The maximum atomic E-state index is 10.7. The molecule has 0 aromatic carbocycles. The highest BCUT2D eigenvalue weighted by Gasteiger charge is 2.05. The number of Topliss-reactive ketones (excluding diaryl/α,β-unsaturated/α-hetero) is 1. The Labute approximate surface area is 53.8 Å². The summed E-state index contributed by atoms with van der Waals surface area (Å²) in [6.07, 6.45) is 2.74.